The van der Waals surface area contributed by atoms with Gasteiger partial charge in [-0.1, -0.05) is 280 Å². The van der Waals surface area contributed by atoms with Crippen LogP contribution in [0.3, 0.4) is 0 Å². The van der Waals surface area contributed by atoms with E-state index in [-0.39, 0.29) is 33.8 Å². The first-order valence-electron chi connectivity index (χ1n) is 37.2. The molecule has 0 unspecified atom stereocenters. The van der Waals surface area contributed by atoms with E-state index in [2.05, 4.69) is 377 Å². The van der Waals surface area contributed by atoms with Gasteiger partial charge in [0.15, 0.2) is 0 Å². The minimum atomic E-state index is -0.223. The van der Waals surface area contributed by atoms with Crippen molar-refractivity contribution in [3.63, 3.8) is 0 Å². The third-order valence-electron chi connectivity index (χ3n) is 23.3. The van der Waals surface area contributed by atoms with Crippen LogP contribution in [0.5, 0.6) is 0 Å². The first kappa shape index (κ1) is 63.1. The van der Waals surface area contributed by atoms with Crippen LogP contribution >= 0.6 is 0 Å². The summed E-state index contributed by atoms with van der Waals surface area (Å²) in [6.07, 6.45) is 0. The lowest BCUT2D eigenvalue weighted by molar-refractivity contribution is 0.569. The third-order valence-corrected chi connectivity index (χ3v) is 23.3. The lowest BCUT2D eigenvalue weighted by Gasteiger charge is -2.41. The highest BCUT2D eigenvalue weighted by Crippen LogP contribution is 2.52. The van der Waals surface area contributed by atoms with Gasteiger partial charge >= 0.3 is 0 Å². The van der Waals surface area contributed by atoms with Gasteiger partial charge in [-0.2, -0.15) is 0 Å². The normalized spacial score (nSPS) is 13.5. The van der Waals surface area contributed by atoms with Crippen LogP contribution in [-0.4, -0.2) is 20.2 Å². The van der Waals surface area contributed by atoms with E-state index in [0.717, 1.165) is 22.4 Å². The molecule has 0 saturated heterocycles. The Morgan fingerprint density at radius 3 is 1.30 bits per heavy atom. The Labute approximate surface area is 605 Å². The summed E-state index contributed by atoms with van der Waals surface area (Å²) in [5.74, 6) is 0. The van der Waals surface area contributed by atoms with Gasteiger partial charge in [0.1, 0.15) is 0 Å². The zero-order valence-corrected chi connectivity index (χ0v) is 62.1. The Balaban J connectivity index is 1.04. The molecule has 0 radical (unpaired) electrons. The first-order chi connectivity index (χ1) is 49.3. The summed E-state index contributed by atoms with van der Waals surface area (Å²) in [5.41, 5.74) is 29.2. The second-order valence-electron chi connectivity index (χ2n) is 35.0. The average Bonchev–Trinajstić information content (AvgIpc) is 1.56. The van der Waals surface area contributed by atoms with Crippen LogP contribution in [0, 0.1) is 0 Å². The van der Waals surface area contributed by atoms with Gasteiger partial charge < -0.3 is 18.4 Å². The molecule has 502 valence electrons. The quantitative estimate of drug-likeness (QED) is 0.161. The Bertz CT molecular complexity index is 6450. The van der Waals surface area contributed by atoms with Gasteiger partial charge in [0.25, 0.3) is 6.71 Å². The summed E-state index contributed by atoms with van der Waals surface area (Å²) in [6, 6.07) is 99.8. The molecule has 0 atom stereocenters. The standard InChI is InChI=1S/C98H87BN4/c1-94(2,3)62-39-45-83-76(52-62)77-53-63(95(4,5)6)40-46-84(77)100(83)68-55-79-78-54-64(96(7,8)9)41-47-85(78)103-88-57-87-89(75-34-25-33-74-72-31-22-20-29-70(72)69-28-19-21-30-71(69)73-32-23-24-35-82(73)102(87)91(74)75)93-90(88)99(81(56-68)92(79)103)80-44-38-60(61-48-65(97(10,11)12)51-66(49-61)98(13,14)15)50-86(80)101(93)67-42-36-59(37-43-67)58-26-17-16-18-27-58/h16-57H,1-15H3. The van der Waals surface area contributed by atoms with Crippen LogP contribution in [0.1, 0.15) is 132 Å². The van der Waals surface area contributed by atoms with E-state index in [9.17, 15) is 0 Å². The molecular weight excluding hydrogens is 1240 g/mol. The molecule has 4 aromatic heterocycles. The molecule has 17 aromatic rings. The summed E-state index contributed by atoms with van der Waals surface area (Å²) < 4.78 is 8.00. The van der Waals surface area contributed by atoms with Crippen molar-refractivity contribution in [2.45, 2.75) is 131 Å². The monoisotopic (exact) mass is 1330 g/mol. The lowest BCUT2D eigenvalue weighted by atomic mass is 9.33. The number of hydrogen-bond donors (Lipinski definition) is 0. The molecule has 0 spiro atoms. The molecule has 13 aromatic carbocycles. The highest BCUT2D eigenvalue weighted by atomic mass is 15.2. The fraction of sp³-hybridized carbons (Fsp3) is 0.204. The molecule has 0 saturated carbocycles. The van der Waals surface area contributed by atoms with Gasteiger partial charge in [0.05, 0.1) is 38.8 Å². The van der Waals surface area contributed by atoms with E-state index in [1.165, 1.54) is 176 Å². The number of para-hydroxylation sites is 2. The van der Waals surface area contributed by atoms with Crippen molar-refractivity contribution in [3.8, 4) is 33.6 Å². The molecule has 103 heavy (non-hydrogen) atoms. The molecule has 4 nitrogen and oxygen atoms in total. The van der Waals surface area contributed by atoms with E-state index in [1.54, 1.807) is 0 Å². The van der Waals surface area contributed by atoms with Gasteiger partial charge in [-0.25, -0.2) is 0 Å². The molecule has 0 amide bonds. The van der Waals surface area contributed by atoms with Crippen LogP contribution in [0.25, 0.3) is 137 Å². The molecule has 0 fully saturated rings. The molecule has 6 heterocycles. The topological polar surface area (TPSA) is 17.5 Å². The molecule has 19 rings (SSSR count). The summed E-state index contributed by atoms with van der Waals surface area (Å²) in [6.45, 7) is 35.1. The van der Waals surface area contributed by atoms with Gasteiger partial charge in [-0.05, 0) is 194 Å². The Hall–Kier alpha value is -10.9. The van der Waals surface area contributed by atoms with E-state index in [1.807, 2.05) is 0 Å². The molecule has 0 bridgehead atoms. The number of rotatable bonds is 4. The number of nitrogens with zero attached hydrogens (tertiary/aromatic N) is 4. The maximum atomic E-state index is 2.71. The summed E-state index contributed by atoms with van der Waals surface area (Å²) in [4.78, 5) is 2.71. The van der Waals surface area contributed by atoms with E-state index in [4.69, 9.17) is 0 Å². The van der Waals surface area contributed by atoms with E-state index in [0.29, 0.717) is 0 Å². The first-order valence-corrected chi connectivity index (χ1v) is 37.2. The number of fused-ring (bicyclic) bond motifs is 21. The molecular formula is C98H87BN4. The molecule has 2 aliphatic heterocycles. The smallest absolute Gasteiger partial charge is 0.252 e. The van der Waals surface area contributed by atoms with Crippen molar-refractivity contribution in [3.05, 3.63) is 283 Å². The van der Waals surface area contributed by atoms with Crippen LogP contribution in [0.2, 0.25) is 0 Å². The second-order valence-corrected chi connectivity index (χ2v) is 35.0. The molecule has 5 heteroatoms. The van der Waals surface area contributed by atoms with Crippen molar-refractivity contribution in [1.29, 1.82) is 0 Å². The van der Waals surface area contributed by atoms with Crippen molar-refractivity contribution >= 4 is 143 Å². The second kappa shape index (κ2) is 21.8. The minimum absolute atomic E-state index is 0.0462. The van der Waals surface area contributed by atoms with Gasteiger partial charge in [-0.15, -0.1) is 0 Å². The van der Waals surface area contributed by atoms with Crippen LogP contribution < -0.4 is 21.3 Å². The molecule has 2 aliphatic rings. The van der Waals surface area contributed by atoms with Crippen molar-refractivity contribution in [2.24, 2.45) is 0 Å². The Kier molecular flexibility index (Phi) is 13.4. The summed E-state index contributed by atoms with van der Waals surface area (Å²) in [5, 5.41) is 14.8. The molecule has 0 aliphatic carbocycles. The molecule has 0 N–H and O–H groups in total. The van der Waals surface area contributed by atoms with Gasteiger partial charge in [-0.3, -0.25) is 0 Å². The van der Waals surface area contributed by atoms with Crippen molar-refractivity contribution < 1.29 is 0 Å². The Morgan fingerprint density at radius 1 is 0.252 bits per heavy atom. The predicted octanol–water partition coefficient (Wildman–Crippen LogP) is 24.9. The SMILES string of the molecule is CC(C)(C)c1cc(-c2ccc3c(c2)N(c2ccc(-c4ccccc4)cc2)c2c4c(cc5c2c2cccc6c7ccccc7c7ccccc7c7ccccc7n5c62)-n2c5ccc(C(C)(C)C)cc5c5cc(-n6c7ccc(C(C)(C)C)cc7c7cc(C(C)(C)C)ccc76)cc(c52)B34)cc(C(C)(C)C)c1. The highest BCUT2D eigenvalue weighted by Gasteiger charge is 2.45. The van der Waals surface area contributed by atoms with E-state index < -0.39 is 0 Å². The number of anilines is 3. The average molecular weight is 1330 g/mol. The van der Waals surface area contributed by atoms with Crippen molar-refractivity contribution in [1.82, 2.24) is 13.5 Å². The van der Waals surface area contributed by atoms with Gasteiger partial charge in [0.2, 0.25) is 0 Å². The van der Waals surface area contributed by atoms with E-state index >= 15 is 0 Å². The number of benzene rings is 13. The summed E-state index contributed by atoms with van der Waals surface area (Å²) in [7, 11) is 0. The Morgan fingerprint density at radius 2 is 0.728 bits per heavy atom. The van der Waals surface area contributed by atoms with Crippen LogP contribution in [0.4, 0.5) is 17.1 Å². The fourth-order valence-corrected chi connectivity index (χ4v) is 17.8. The fourth-order valence-electron chi connectivity index (χ4n) is 17.8. The lowest BCUT2D eigenvalue weighted by Crippen LogP contribution is -2.60. The van der Waals surface area contributed by atoms with Crippen LogP contribution in [0.15, 0.2) is 255 Å². The highest BCUT2D eigenvalue weighted by molar-refractivity contribution is 7.00. The number of hydrogen-bond acceptors (Lipinski definition) is 1. The maximum absolute atomic E-state index is 2.71. The largest absolute Gasteiger partial charge is 0.311 e. The predicted molar refractivity (Wildman–Crippen MR) is 446 cm³/mol. The van der Waals surface area contributed by atoms with Crippen molar-refractivity contribution in [2.75, 3.05) is 4.90 Å². The zero-order valence-electron chi connectivity index (χ0n) is 62.1. The van der Waals surface area contributed by atoms with Crippen LogP contribution in [-0.2, 0) is 27.1 Å². The minimum Gasteiger partial charge on any atom is -0.311 e. The zero-order chi connectivity index (χ0) is 70.9. The van der Waals surface area contributed by atoms with Gasteiger partial charge in [0, 0.05) is 71.4 Å². The third kappa shape index (κ3) is 9.49. The number of aromatic nitrogens is 3. The summed E-state index contributed by atoms with van der Waals surface area (Å²) >= 11 is 0. The maximum Gasteiger partial charge on any atom is 0.252 e.